The van der Waals surface area contributed by atoms with E-state index in [-0.39, 0.29) is 12.0 Å². The summed E-state index contributed by atoms with van der Waals surface area (Å²) in [4.78, 5) is 24.5. The maximum atomic E-state index is 12.5. The van der Waals surface area contributed by atoms with Crippen LogP contribution in [0.15, 0.2) is 30.5 Å². The Kier molecular flexibility index (Phi) is 4.85. The van der Waals surface area contributed by atoms with Crippen molar-refractivity contribution in [3.05, 3.63) is 36.0 Å². The molecule has 1 aliphatic heterocycles. The Bertz CT molecular complexity index is 747. The molecule has 2 heterocycles. The van der Waals surface area contributed by atoms with Gasteiger partial charge >= 0.3 is 5.97 Å². The van der Waals surface area contributed by atoms with Crippen LogP contribution >= 0.6 is 0 Å². The molecule has 1 aromatic heterocycles. The lowest BCUT2D eigenvalue weighted by Gasteiger charge is -2.17. The van der Waals surface area contributed by atoms with Crippen molar-refractivity contribution in [1.82, 2.24) is 9.88 Å². The van der Waals surface area contributed by atoms with Crippen LogP contribution in [0.3, 0.4) is 0 Å². The number of carbonyl (C=O) groups is 2. The number of para-hydroxylation sites is 1. The summed E-state index contributed by atoms with van der Waals surface area (Å²) >= 11 is 0. The molecule has 0 radical (unpaired) electrons. The molecule has 128 valence electrons. The second-order valence-corrected chi connectivity index (χ2v) is 6.01. The molecule has 2 aromatic rings. The molecule has 0 spiro atoms. The molecule has 3 rings (SSSR count). The van der Waals surface area contributed by atoms with Gasteiger partial charge in [-0.05, 0) is 25.8 Å². The quantitative estimate of drug-likeness (QED) is 0.854. The molecule has 1 aromatic carbocycles. The fraction of sp³-hybridized carbons (Fsp3) is 0.444. The van der Waals surface area contributed by atoms with E-state index in [9.17, 15) is 9.59 Å². The molecular formula is C18H22N2O4. The number of carbonyl (C=O) groups excluding carboxylic acids is 2. The summed E-state index contributed by atoms with van der Waals surface area (Å²) in [5.74, 6) is -0.500. The zero-order chi connectivity index (χ0) is 17.1. The highest BCUT2D eigenvalue weighted by atomic mass is 16.5. The van der Waals surface area contributed by atoms with E-state index in [1.54, 1.807) is 6.20 Å². The number of aromatic nitrogens is 1. The zero-order valence-electron chi connectivity index (χ0n) is 14.0. The molecule has 0 bridgehead atoms. The number of fused-ring (bicyclic) bond motifs is 1. The van der Waals surface area contributed by atoms with Crippen LogP contribution in [0.2, 0.25) is 0 Å². The third-order valence-corrected chi connectivity index (χ3v) is 4.47. The van der Waals surface area contributed by atoms with Gasteiger partial charge in [-0.1, -0.05) is 18.2 Å². The van der Waals surface area contributed by atoms with Crippen LogP contribution in [0.5, 0.6) is 0 Å². The minimum atomic E-state index is -0.435. The largest absolute Gasteiger partial charge is 0.465 e. The standard InChI is InChI=1S/C18H22N2O4/c1-12(17(21)19-10-13-6-5-9-24-13)20-11-15(18(22)23-2)14-7-3-4-8-16(14)20/h3-4,7-8,11-13H,5-6,9-10H2,1-2H3,(H,19,21)/t12-,13+/m0/s1. The average molecular weight is 330 g/mol. The Morgan fingerprint density at radius 1 is 1.42 bits per heavy atom. The van der Waals surface area contributed by atoms with Gasteiger partial charge in [0.25, 0.3) is 0 Å². The number of methoxy groups -OCH3 is 1. The van der Waals surface area contributed by atoms with Crippen LogP contribution in [0.25, 0.3) is 10.9 Å². The van der Waals surface area contributed by atoms with E-state index in [0.29, 0.717) is 12.1 Å². The molecular weight excluding hydrogens is 308 g/mol. The highest BCUT2D eigenvalue weighted by Gasteiger charge is 2.23. The molecule has 1 saturated heterocycles. The first-order chi connectivity index (χ1) is 11.6. The maximum Gasteiger partial charge on any atom is 0.340 e. The first-order valence-electron chi connectivity index (χ1n) is 8.19. The van der Waals surface area contributed by atoms with Crippen LogP contribution in [-0.2, 0) is 14.3 Å². The molecule has 0 unspecified atom stereocenters. The van der Waals surface area contributed by atoms with E-state index in [1.807, 2.05) is 35.8 Å². The van der Waals surface area contributed by atoms with Gasteiger partial charge in [0.15, 0.2) is 0 Å². The van der Waals surface area contributed by atoms with Crippen LogP contribution in [-0.4, -0.2) is 42.8 Å². The van der Waals surface area contributed by atoms with Crippen molar-refractivity contribution in [2.24, 2.45) is 0 Å². The summed E-state index contributed by atoms with van der Waals surface area (Å²) in [6, 6.07) is 7.06. The number of amides is 1. The summed E-state index contributed by atoms with van der Waals surface area (Å²) in [5, 5.41) is 3.72. The Morgan fingerprint density at radius 2 is 2.21 bits per heavy atom. The van der Waals surface area contributed by atoms with Crippen molar-refractivity contribution in [2.75, 3.05) is 20.3 Å². The molecule has 6 heteroatoms. The summed E-state index contributed by atoms with van der Waals surface area (Å²) in [5.41, 5.74) is 1.30. The number of ether oxygens (including phenoxy) is 2. The van der Waals surface area contributed by atoms with Crippen molar-refractivity contribution < 1.29 is 19.1 Å². The predicted octanol–water partition coefficient (Wildman–Crippen LogP) is 2.28. The Labute approximate surface area is 140 Å². The number of nitrogens with zero attached hydrogens (tertiary/aromatic N) is 1. The van der Waals surface area contributed by atoms with Gasteiger partial charge in [-0.15, -0.1) is 0 Å². The lowest BCUT2D eigenvalue weighted by Crippen LogP contribution is -2.36. The Hall–Kier alpha value is -2.34. The highest BCUT2D eigenvalue weighted by Crippen LogP contribution is 2.25. The molecule has 2 atom stereocenters. The van der Waals surface area contributed by atoms with Gasteiger partial charge in [0.1, 0.15) is 6.04 Å². The van der Waals surface area contributed by atoms with E-state index >= 15 is 0 Å². The minimum absolute atomic E-state index is 0.0948. The fourth-order valence-electron chi connectivity index (χ4n) is 3.09. The van der Waals surface area contributed by atoms with Gasteiger partial charge in [-0.2, -0.15) is 0 Å². The SMILES string of the molecule is COC(=O)c1cn([C@@H](C)C(=O)NC[C@H]2CCCO2)c2ccccc12. The molecule has 0 saturated carbocycles. The van der Waals surface area contributed by atoms with Gasteiger partial charge in [0.2, 0.25) is 5.91 Å². The smallest absolute Gasteiger partial charge is 0.340 e. The van der Waals surface area contributed by atoms with Gasteiger partial charge in [-0.3, -0.25) is 4.79 Å². The summed E-state index contributed by atoms with van der Waals surface area (Å²) in [6.07, 6.45) is 3.81. The monoisotopic (exact) mass is 330 g/mol. The van der Waals surface area contributed by atoms with E-state index in [0.717, 1.165) is 30.4 Å². The van der Waals surface area contributed by atoms with Gasteiger partial charge in [-0.25, -0.2) is 4.79 Å². The Morgan fingerprint density at radius 3 is 2.92 bits per heavy atom. The van der Waals surface area contributed by atoms with Crippen molar-refractivity contribution in [3.63, 3.8) is 0 Å². The normalized spacial score (nSPS) is 18.5. The topological polar surface area (TPSA) is 69.6 Å². The Balaban J connectivity index is 1.82. The summed E-state index contributed by atoms with van der Waals surface area (Å²) in [6.45, 7) is 3.10. The number of esters is 1. The van der Waals surface area contributed by atoms with Crippen LogP contribution < -0.4 is 5.32 Å². The molecule has 24 heavy (non-hydrogen) atoms. The third-order valence-electron chi connectivity index (χ3n) is 4.47. The lowest BCUT2D eigenvalue weighted by atomic mass is 10.2. The minimum Gasteiger partial charge on any atom is -0.465 e. The zero-order valence-corrected chi connectivity index (χ0v) is 14.0. The number of rotatable bonds is 5. The maximum absolute atomic E-state index is 12.5. The fourth-order valence-corrected chi connectivity index (χ4v) is 3.09. The molecule has 1 N–H and O–H groups in total. The number of hydrogen-bond acceptors (Lipinski definition) is 4. The summed E-state index contributed by atoms with van der Waals surface area (Å²) in [7, 11) is 1.35. The average Bonchev–Trinajstić information content (AvgIpc) is 3.26. The first kappa shape index (κ1) is 16.5. The lowest BCUT2D eigenvalue weighted by molar-refractivity contribution is -0.124. The molecule has 0 aliphatic carbocycles. The first-order valence-corrected chi connectivity index (χ1v) is 8.19. The second kappa shape index (κ2) is 7.05. The molecule has 1 fully saturated rings. The van der Waals surface area contributed by atoms with Gasteiger partial charge in [0, 0.05) is 30.3 Å². The van der Waals surface area contributed by atoms with Crippen LogP contribution in [0.4, 0.5) is 0 Å². The van der Waals surface area contributed by atoms with E-state index in [2.05, 4.69) is 5.32 Å². The number of hydrogen-bond donors (Lipinski definition) is 1. The van der Waals surface area contributed by atoms with E-state index in [4.69, 9.17) is 9.47 Å². The molecule has 1 amide bonds. The van der Waals surface area contributed by atoms with E-state index in [1.165, 1.54) is 7.11 Å². The third kappa shape index (κ3) is 3.14. The van der Waals surface area contributed by atoms with Gasteiger partial charge in [0.05, 0.1) is 18.8 Å². The molecule has 6 nitrogen and oxygen atoms in total. The van der Waals surface area contributed by atoms with Crippen molar-refractivity contribution in [2.45, 2.75) is 31.9 Å². The van der Waals surface area contributed by atoms with Crippen LogP contribution in [0, 0.1) is 0 Å². The van der Waals surface area contributed by atoms with Crippen molar-refractivity contribution in [3.8, 4) is 0 Å². The molecule has 1 aliphatic rings. The number of nitrogens with one attached hydrogen (secondary N) is 1. The van der Waals surface area contributed by atoms with Crippen LogP contribution in [0.1, 0.15) is 36.2 Å². The van der Waals surface area contributed by atoms with Crippen molar-refractivity contribution >= 4 is 22.8 Å². The second-order valence-electron chi connectivity index (χ2n) is 6.01. The summed E-state index contributed by atoms with van der Waals surface area (Å²) < 4.78 is 12.2. The van der Waals surface area contributed by atoms with Crippen molar-refractivity contribution in [1.29, 1.82) is 0 Å². The highest BCUT2D eigenvalue weighted by molar-refractivity contribution is 6.04. The predicted molar refractivity (Wildman–Crippen MR) is 90.0 cm³/mol. The number of benzene rings is 1. The van der Waals surface area contributed by atoms with Gasteiger partial charge < -0.3 is 19.4 Å². The van der Waals surface area contributed by atoms with E-state index < -0.39 is 12.0 Å².